The first-order valence-electron chi connectivity index (χ1n) is 10.5. The molecule has 2 aromatic heterocycles. The lowest BCUT2D eigenvalue weighted by molar-refractivity contribution is -0.133. The zero-order chi connectivity index (χ0) is 18.8. The lowest BCUT2D eigenvalue weighted by atomic mass is 10.0. The Labute approximate surface area is 163 Å². The van der Waals surface area contributed by atoms with Gasteiger partial charge in [0, 0.05) is 37.2 Å². The van der Waals surface area contributed by atoms with E-state index in [0.29, 0.717) is 55.2 Å². The van der Waals surface area contributed by atoms with Crippen LogP contribution in [0.5, 0.6) is 0 Å². The summed E-state index contributed by atoms with van der Waals surface area (Å²) in [5.41, 5.74) is 2.11. The second kappa shape index (κ2) is 6.00. The minimum absolute atomic E-state index is 0.0960. The molecule has 1 amide bonds. The van der Waals surface area contributed by atoms with Crippen molar-refractivity contribution >= 4 is 5.91 Å². The third-order valence-corrected chi connectivity index (χ3v) is 7.59. The van der Waals surface area contributed by atoms with Crippen LogP contribution in [0.15, 0.2) is 29.2 Å². The third-order valence-electron chi connectivity index (χ3n) is 7.59. The molecule has 144 valence electrons. The van der Waals surface area contributed by atoms with Crippen molar-refractivity contribution in [2.75, 3.05) is 13.1 Å². The molecule has 4 aliphatic rings. The second-order valence-electron chi connectivity index (χ2n) is 8.89. The maximum absolute atomic E-state index is 13.2. The van der Waals surface area contributed by atoms with Crippen molar-refractivity contribution in [3.8, 4) is 11.5 Å². The Kier molecular flexibility index (Phi) is 3.52. The number of aromatic amines is 1. The summed E-state index contributed by atoms with van der Waals surface area (Å²) in [5, 5.41) is 0. The highest BCUT2D eigenvalue weighted by molar-refractivity contribution is 5.83. The largest absolute Gasteiger partial charge is 0.342 e. The molecule has 4 atom stereocenters. The molecule has 3 saturated carbocycles. The van der Waals surface area contributed by atoms with Gasteiger partial charge in [0.2, 0.25) is 5.91 Å². The molecular formula is C22H24N4O2. The Morgan fingerprint density at radius 2 is 1.89 bits per heavy atom. The van der Waals surface area contributed by atoms with E-state index in [2.05, 4.69) is 9.97 Å². The maximum atomic E-state index is 13.2. The van der Waals surface area contributed by atoms with E-state index in [4.69, 9.17) is 4.98 Å². The Morgan fingerprint density at radius 3 is 2.64 bits per heavy atom. The number of carbonyl (C=O) groups is 1. The predicted octanol–water partition coefficient (Wildman–Crippen LogP) is 2.05. The van der Waals surface area contributed by atoms with E-state index in [9.17, 15) is 9.59 Å². The van der Waals surface area contributed by atoms with Gasteiger partial charge in [0.1, 0.15) is 5.69 Å². The fourth-order valence-corrected chi connectivity index (χ4v) is 6.32. The summed E-state index contributed by atoms with van der Waals surface area (Å²) in [6, 6.07) is 5.57. The molecule has 1 N–H and O–H groups in total. The molecule has 3 heterocycles. The van der Waals surface area contributed by atoms with Crippen molar-refractivity contribution in [2.24, 2.45) is 29.6 Å². The summed E-state index contributed by atoms with van der Waals surface area (Å²) in [7, 11) is 0. The van der Waals surface area contributed by atoms with Crippen LogP contribution in [0.3, 0.4) is 0 Å². The van der Waals surface area contributed by atoms with Gasteiger partial charge < -0.3 is 9.88 Å². The highest BCUT2D eigenvalue weighted by Crippen LogP contribution is 2.69. The Bertz CT molecular complexity index is 985. The first-order valence-corrected chi connectivity index (χ1v) is 10.5. The smallest absolute Gasteiger partial charge is 0.254 e. The molecule has 0 unspecified atom stereocenters. The number of pyridine rings is 1. The van der Waals surface area contributed by atoms with Gasteiger partial charge in [-0.3, -0.25) is 14.6 Å². The first-order chi connectivity index (χ1) is 13.7. The van der Waals surface area contributed by atoms with E-state index in [1.165, 1.54) is 19.3 Å². The number of carbonyl (C=O) groups excluding carboxylic acids is 1. The average Bonchev–Trinajstić information content (AvgIpc) is 3.26. The number of amides is 1. The van der Waals surface area contributed by atoms with Crippen molar-refractivity contribution in [2.45, 2.75) is 32.1 Å². The topological polar surface area (TPSA) is 79.0 Å². The van der Waals surface area contributed by atoms with Crippen LogP contribution in [0.4, 0.5) is 0 Å². The number of hydrogen-bond donors (Lipinski definition) is 1. The Balaban J connectivity index is 1.22. The molecule has 3 fully saturated rings. The summed E-state index contributed by atoms with van der Waals surface area (Å²) in [5.74, 6) is 4.04. The van der Waals surface area contributed by atoms with Crippen LogP contribution in [0.25, 0.3) is 11.5 Å². The van der Waals surface area contributed by atoms with Crippen molar-refractivity contribution in [1.82, 2.24) is 19.9 Å². The highest BCUT2D eigenvalue weighted by Gasteiger charge is 2.67. The molecule has 6 rings (SSSR count). The molecule has 2 aromatic rings. The molecule has 6 heteroatoms. The molecular weight excluding hydrogens is 352 g/mol. The second-order valence-corrected chi connectivity index (χ2v) is 8.89. The first kappa shape index (κ1) is 16.5. The number of fused-ring (bicyclic) bond motifs is 6. The van der Waals surface area contributed by atoms with Crippen molar-refractivity contribution in [1.29, 1.82) is 0 Å². The minimum Gasteiger partial charge on any atom is -0.342 e. The van der Waals surface area contributed by atoms with Gasteiger partial charge in [-0.25, -0.2) is 4.98 Å². The van der Waals surface area contributed by atoms with Gasteiger partial charge in [-0.1, -0.05) is 6.07 Å². The quantitative estimate of drug-likeness (QED) is 0.870. The Morgan fingerprint density at radius 1 is 1.11 bits per heavy atom. The number of nitrogens with zero attached hydrogens (tertiary/aromatic N) is 3. The minimum atomic E-state index is -0.0960. The van der Waals surface area contributed by atoms with E-state index in [0.717, 1.165) is 23.1 Å². The summed E-state index contributed by atoms with van der Waals surface area (Å²) >= 11 is 0. The molecule has 3 aliphatic carbocycles. The van der Waals surface area contributed by atoms with Crippen LogP contribution in [-0.2, 0) is 17.6 Å². The molecule has 0 radical (unpaired) electrons. The maximum Gasteiger partial charge on any atom is 0.254 e. The standard InChI is InChI=1S/C22H24N4O2/c27-21-14-6-9-26(22(28)19-17-12-4-5-13(11-12)18(17)19)10-7-15(14)24-20(25-21)16-3-1-2-8-23-16/h1-3,8,12-13,17-19H,4-7,9-11H2,(H,24,25,27)/t12-,13-,17-,18-/m0/s1. The molecule has 1 aliphatic heterocycles. The van der Waals surface area contributed by atoms with Gasteiger partial charge in [-0.2, -0.15) is 0 Å². The van der Waals surface area contributed by atoms with E-state index >= 15 is 0 Å². The van der Waals surface area contributed by atoms with Crippen LogP contribution in [0.1, 0.15) is 30.5 Å². The molecule has 0 spiro atoms. The summed E-state index contributed by atoms with van der Waals surface area (Å²) in [6.07, 6.45) is 6.94. The average molecular weight is 376 g/mol. The zero-order valence-electron chi connectivity index (χ0n) is 15.8. The highest BCUT2D eigenvalue weighted by atomic mass is 16.2. The monoisotopic (exact) mass is 376 g/mol. The van der Waals surface area contributed by atoms with Crippen LogP contribution in [-0.4, -0.2) is 38.8 Å². The van der Waals surface area contributed by atoms with Crippen LogP contribution >= 0.6 is 0 Å². The molecule has 6 nitrogen and oxygen atoms in total. The van der Waals surface area contributed by atoms with Gasteiger partial charge in [0.05, 0.1) is 5.69 Å². The molecule has 0 saturated heterocycles. The van der Waals surface area contributed by atoms with Crippen LogP contribution < -0.4 is 5.56 Å². The molecule has 28 heavy (non-hydrogen) atoms. The van der Waals surface area contributed by atoms with Gasteiger partial charge >= 0.3 is 0 Å². The number of aromatic nitrogens is 3. The van der Waals surface area contributed by atoms with Gasteiger partial charge in [0.25, 0.3) is 5.56 Å². The third kappa shape index (κ3) is 2.39. The number of nitrogens with one attached hydrogen (secondary N) is 1. The summed E-state index contributed by atoms with van der Waals surface area (Å²) < 4.78 is 0. The van der Waals surface area contributed by atoms with Gasteiger partial charge in [0.15, 0.2) is 5.82 Å². The van der Waals surface area contributed by atoms with Gasteiger partial charge in [-0.05, 0) is 61.5 Å². The van der Waals surface area contributed by atoms with Crippen molar-refractivity contribution in [3.05, 3.63) is 46.0 Å². The SMILES string of the molecule is O=C(C1[C@H]2[C@H]3CC[C@@H](C3)[C@H]12)N1CCc2nc(-c3ccccn3)[nH]c(=O)c2CC1. The van der Waals surface area contributed by atoms with E-state index < -0.39 is 0 Å². The summed E-state index contributed by atoms with van der Waals surface area (Å²) in [4.78, 5) is 39.7. The molecule has 0 aromatic carbocycles. The lowest BCUT2D eigenvalue weighted by Crippen LogP contribution is -2.36. The lowest BCUT2D eigenvalue weighted by Gasteiger charge is -2.22. The van der Waals surface area contributed by atoms with E-state index in [1.54, 1.807) is 6.20 Å². The predicted molar refractivity (Wildman–Crippen MR) is 103 cm³/mol. The van der Waals surface area contributed by atoms with E-state index in [1.807, 2.05) is 23.1 Å². The zero-order valence-corrected chi connectivity index (χ0v) is 15.8. The number of rotatable bonds is 2. The van der Waals surface area contributed by atoms with Crippen molar-refractivity contribution < 1.29 is 4.79 Å². The Hall–Kier alpha value is -2.50. The summed E-state index contributed by atoms with van der Waals surface area (Å²) in [6.45, 7) is 1.29. The van der Waals surface area contributed by atoms with E-state index in [-0.39, 0.29) is 11.5 Å². The fraction of sp³-hybridized carbons (Fsp3) is 0.545. The fourth-order valence-electron chi connectivity index (χ4n) is 6.32. The number of hydrogen-bond acceptors (Lipinski definition) is 4. The van der Waals surface area contributed by atoms with Crippen molar-refractivity contribution in [3.63, 3.8) is 0 Å². The molecule has 2 bridgehead atoms. The van der Waals surface area contributed by atoms with Gasteiger partial charge in [-0.15, -0.1) is 0 Å². The number of H-pyrrole nitrogens is 1. The van der Waals surface area contributed by atoms with Crippen LogP contribution in [0, 0.1) is 29.6 Å². The van der Waals surface area contributed by atoms with Crippen LogP contribution in [0.2, 0.25) is 0 Å². The normalized spacial score (nSPS) is 32.6.